The number of unbranched alkanes of at least 4 members (excludes halogenated alkanes) is 1. The number of aliphatic imine (C=N–C) groups is 1. The maximum atomic E-state index is 11.5. The molecule has 2 aromatic rings. The van der Waals surface area contributed by atoms with Crippen molar-refractivity contribution in [3.63, 3.8) is 0 Å². The van der Waals surface area contributed by atoms with Crippen LogP contribution in [0.4, 0.5) is 10.6 Å². The van der Waals surface area contributed by atoms with Gasteiger partial charge < -0.3 is 25.2 Å². The zero-order valence-electron chi connectivity index (χ0n) is 28.7. The molecule has 4 amide bonds. The minimum atomic E-state index is -0.849. The predicted octanol–water partition coefficient (Wildman–Crippen LogP) is 4.41. The number of benzene rings is 1. The third kappa shape index (κ3) is 15.5. The summed E-state index contributed by atoms with van der Waals surface area (Å²) in [4.78, 5) is 45.3. The zero-order chi connectivity index (χ0) is 35.0. The maximum Gasteiger partial charge on any atom is 0.322 e. The van der Waals surface area contributed by atoms with Gasteiger partial charge in [-0.05, 0) is 62.1 Å². The van der Waals surface area contributed by atoms with Crippen molar-refractivity contribution in [3.8, 4) is 29.9 Å². The molecule has 11 heteroatoms. The van der Waals surface area contributed by atoms with E-state index in [1.54, 1.807) is 48.6 Å². The summed E-state index contributed by atoms with van der Waals surface area (Å²) in [6.45, 7) is 12.8. The highest BCUT2D eigenvalue weighted by Gasteiger charge is 2.27. The van der Waals surface area contributed by atoms with Crippen LogP contribution in [0.5, 0.6) is 5.75 Å². The predicted molar refractivity (Wildman–Crippen MR) is 189 cm³/mol. The molecule has 2 heterocycles. The molecule has 0 spiro atoms. The first-order valence-corrected chi connectivity index (χ1v) is 15.7. The molecule has 0 saturated carbocycles. The fourth-order valence-electron chi connectivity index (χ4n) is 3.91. The number of ether oxygens (including phenoxy) is 1. The monoisotopic (exact) mass is 643 g/mol. The van der Waals surface area contributed by atoms with Gasteiger partial charge in [0.25, 0.3) is 5.91 Å². The van der Waals surface area contributed by atoms with Crippen LogP contribution in [0.3, 0.4) is 0 Å². The summed E-state index contributed by atoms with van der Waals surface area (Å²) in [5.41, 5.74) is 4.09. The highest BCUT2D eigenvalue weighted by Crippen LogP contribution is 2.17. The second-order valence-corrected chi connectivity index (χ2v) is 10.2. The van der Waals surface area contributed by atoms with Gasteiger partial charge in [-0.1, -0.05) is 57.1 Å². The number of nitrogens with zero attached hydrogens (tertiary/aromatic N) is 4. The summed E-state index contributed by atoms with van der Waals surface area (Å²) < 4.78 is 5.10. The van der Waals surface area contributed by atoms with Crippen molar-refractivity contribution < 1.29 is 19.1 Å². The van der Waals surface area contributed by atoms with Gasteiger partial charge in [-0.2, -0.15) is 0 Å². The van der Waals surface area contributed by atoms with E-state index in [0.717, 1.165) is 49.1 Å². The highest BCUT2D eigenvalue weighted by atomic mass is 16.5. The molecule has 3 rings (SSSR count). The molecule has 1 unspecified atom stereocenters. The van der Waals surface area contributed by atoms with Crippen molar-refractivity contribution in [1.82, 2.24) is 25.8 Å². The highest BCUT2D eigenvalue weighted by molar-refractivity contribution is 6.05. The molecule has 1 fully saturated rings. The lowest BCUT2D eigenvalue weighted by Gasteiger charge is -2.15. The van der Waals surface area contributed by atoms with Gasteiger partial charge in [0.05, 0.1) is 20.0 Å². The number of hydrogen-bond acceptors (Lipinski definition) is 7. The fraction of sp³-hybridized carbons (Fsp3) is 0.417. The van der Waals surface area contributed by atoms with Crippen LogP contribution in [-0.2, 0) is 16.1 Å². The van der Waals surface area contributed by atoms with Crippen LogP contribution >= 0.6 is 0 Å². The molecule has 1 atom stereocenters. The summed E-state index contributed by atoms with van der Waals surface area (Å²) in [6.07, 6.45) is 14.9. The van der Waals surface area contributed by atoms with Crippen molar-refractivity contribution in [3.05, 3.63) is 65.0 Å². The second kappa shape index (κ2) is 23.1. The number of carbonyl (C=O) groups is 3. The third-order valence-corrected chi connectivity index (χ3v) is 6.42. The number of allylic oxidation sites excluding steroid dienone is 2. The van der Waals surface area contributed by atoms with Crippen LogP contribution in [0.1, 0.15) is 63.6 Å². The molecular formula is C36H49N7O4. The van der Waals surface area contributed by atoms with Crippen molar-refractivity contribution in [1.29, 1.82) is 0 Å². The Kier molecular flexibility index (Phi) is 19.5. The SMILES string of the molecule is C#CCN(C=NCCCNC(C)=CCCC)c1ccc(C#CC2NC(=O)NC2=O)cn1.CC.COc1ccc(CN(C)C=O)c(C)c1. The van der Waals surface area contributed by atoms with Crippen molar-refractivity contribution in [2.24, 2.45) is 4.99 Å². The lowest BCUT2D eigenvalue weighted by molar-refractivity contribution is -0.119. The number of amides is 4. The first kappa shape index (κ1) is 39.7. The van der Waals surface area contributed by atoms with Crippen LogP contribution < -0.4 is 25.6 Å². The average Bonchev–Trinajstić information content (AvgIpc) is 3.42. The topological polar surface area (TPSA) is 128 Å². The van der Waals surface area contributed by atoms with E-state index < -0.39 is 18.0 Å². The molecule has 1 aliphatic heterocycles. The van der Waals surface area contributed by atoms with E-state index in [0.29, 0.717) is 31.0 Å². The van der Waals surface area contributed by atoms with E-state index in [4.69, 9.17) is 11.2 Å². The molecule has 1 saturated heterocycles. The molecule has 1 aromatic heterocycles. The quantitative estimate of drug-likeness (QED) is 0.0695. The molecule has 252 valence electrons. The van der Waals surface area contributed by atoms with Gasteiger partial charge in [-0.3, -0.25) is 19.9 Å². The van der Waals surface area contributed by atoms with Gasteiger partial charge in [-0.15, -0.1) is 6.42 Å². The van der Waals surface area contributed by atoms with Gasteiger partial charge in [0.15, 0.2) is 6.04 Å². The van der Waals surface area contributed by atoms with Crippen molar-refractivity contribution in [2.75, 3.05) is 38.7 Å². The number of aromatic nitrogens is 1. The number of hydrogen-bond donors (Lipinski definition) is 3. The van der Waals surface area contributed by atoms with Crippen LogP contribution in [0.15, 0.2) is 53.3 Å². The third-order valence-electron chi connectivity index (χ3n) is 6.42. The Bertz CT molecular complexity index is 1440. The lowest BCUT2D eigenvalue weighted by Crippen LogP contribution is -2.26. The number of anilines is 1. The molecule has 0 radical (unpaired) electrons. The molecular weight excluding hydrogens is 594 g/mol. The first-order chi connectivity index (χ1) is 22.7. The van der Waals surface area contributed by atoms with Gasteiger partial charge in [0.1, 0.15) is 11.6 Å². The smallest absolute Gasteiger partial charge is 0.322 e. The van der Waals surface area contributed by atoms with E-state index in [9.17, 15) is 14.4 Å². The number of pyridine rings is 1. The number of terminal acetylenes is 1. The largest absolute Gasteiger partial charge is 0.497 e. The van der Waals surface area contributed by atoms with Crippen LogP contribution in [-0.4, -0.2) is 74.4 Å². The van der Waals surface area contributed by atoms with E-state index in [-0.39, 0.29) is 0 Å². The minimum absolute atomic E-state index is 0.340. The average molecular weight is 644 g/mol. The number of nitrogens with one attached hydrogen (secondary N) is 3. The summed E-state index contributed by atoms with van der Waals surface area (Å²) in [5.74, 6) is 9.18. The summed E-state index contributed by atoms with van der Waals surface area (Å²) in [6, 6.07) is 8.02. The van der Waals surface area contributed by atoms with Crippen LogP contribution in [0, 0.1) is 31.1 Å². The normalized spacial score (nSPS) is 13.3. The van der Waals surface area contributed by atoms with Crippen molar-refractivity contribution in [2.45, 2.75) is 66.5 Å². The first-order valence-electron chi connectivity index (χ1n) is 15.7. The molecule has 0 bridgehead atoms. The summed E-state index contributed by atoms with van der Waals surface area (Å²) in [7, 11) is 3.41. The Morgan fingerprint density at radius 3 is 2.57 bits per heavy atom. The number of aryl methyl sites for hydroxylation is 1. The number of urea groups is 1. The Labute approximate surface area is 280 Å². The van der Waals surface area contributed by atoms with Gasteiger partial charge in [-0.25, -0.2) is 9.78 Å². The Balaban J connectivity index is 0.000000575. The molecule has 47 heavy (non-hydrogen) atoms. The molecule has 1 aliphatic rings. The molecule has 3 N–H and O–H groups in total. The molecule has 11 nitrogen and oxygen atoms in total. The molecule has 1 aromatic carbocycles. The van der Waals surface area contributed by atoms with E-state index in [2.05, 4.69) is 63.6 Å². The van der Waals surface area contributed by atoms with E-state index in [1.807, 2.05) is 39.0 Å². The van der Waals surface area contributed by atoms with Gasteiger partial charge in [0.2, 0.25) is 6.41 Å². The maximum absolute atomic E-state index is 11.5. The van der Waals surface area contributed by atoms with Gasteiger partial charge >= 0.3 is 6.03 Å². The number of imide groups is 1. The Morgan fingerprint density at radius 2 is 2.00 bits per heavy atom. The van der Waals surface area contributed by atoms with Crippen LogP contribution in [0.2, 0.25) is 0 Å². The van der Waals surface area contributed by atoms with Crippen molar-refractivity contribution >= 4 is 30.5 Å². The van der Waals surface area contributed by atoms with Crippen LogP contribution in [0.25, 0.3) is 0 Å². The van der Waals surface area contributed by atoms with E-state index in [1.165, 1.54) is 5.70 Å². The fourth-order valence-corrected chi connectivity index (χ4v) is 3.91. The second-order valence-electron chi connectivity index (χ2n) is 10.2. The Morgan fingerprint density at radius 1 is 1.23 bits per heavy atom. The number of carbonyl (C=O) groups excluding carboxylic acids is 3. The Hall–Kier alpha value is -5.29. The molecule has 0 aliphatic carbocycles. The summed E-state index contributed by atoms with van der Waals surface area (Å²) >= 11 is 0. The standard InChI is InChI=1S/C23H28N6O2.C11H15NO2.C2H6/c1-4-6-8-18(3)25-14-7-13-24-17-29(15-5-2)21-12-10-19(16-26-21)9-11-20-22(30)28-23(31)27-20;1-9-6-11(14-3)5-4-10(9)7-12(2)8-13;1-2/h2,8,10,12,16-17,20,25H,4,6-7,13-15H2,1,3H3,(H2,27,28,30,31);4-6,8H,7H2,1-3H3;1-2H3. The zero-order valence-corrected chi connectivity index (χ0v) is 28.7. The summed E-state index contributed by atoms with van der Waals surface area (Å²) in [5, 5.41) is 7.93. The van der Waals surface area contributed by atoms with Gasteiger partial charge in [0, 0.05) is 44.1 Å². The lowest BCUT2D eigenvalue weighted by atomic mass is 10.1. The minimum Gasteiger partial charge on any atom is -0.497 e. The number of rotatable bonds is 14. The number of methoxy groups -OCH3 is 1. The van der Waals surface area contributed by atoms with E-state index >= 15 is 0 Å².